The van der Waals surface area contributed by atoms with Gasteiger partial charge in [-0.15, -0.1) is 0 Å². The second kappa shape index (κ2) is 5.44. The highest BCUT2D eigenvalue weighted by atomic mass is 19.4. The molecule has 2 aromatic carbocycles. The molecule has 21 heavy (non-hydrogen) atoms. The molecule has 0 N–H and O–H groups in total. The van der Waals surface area contributed by atoms with Crippen LogP contribution in [0.4, 0.5) is 17.6 Å². The molecule has 0 saturated heterocycles. The zero-order chi connectivity index (χ0) is 15.6. The van der Waals surface area contributed by atoms with Crippen molar-refractivity contribution in [2.24, 2.45) is 0 Å². The molecule has 2 aromatic rings. The monoisotopic (exact) mass is 295 g/mol. The van der Waals surface area contributed by atoms with E-state index in [2.05, 4.69) is 0 Å². The summed E-state index contributed by atoms with van der Waals surface area (Å²) >= 11 is 0. The van der Waals surface area contributed by atoms with Crippen molar-refractivity contribution in [2.45, 2.75) is 13.1 Å². The Labute approximate surface area is 118 Å². The fourth-order valence-corrected chi connectivity index (χ4v) is 1.75. The average Bonchev–Trinajstić information content (AvgIpc) is 2.43. The Morgan fingerprint density at radius 3 is 2.48 bits per heavy atom. The smallest absolute Gasteiger partial charge is 0.417 e. The maximum atomic E-state index is 13.8. The standard InChI is InChI=1S/C15H9F4NO/c1-9-3-2-4-13(14(9)16)21-11-6-5-10(8-20)12(7-11)15(17,18)19/h2-7H,1H3. The summed E-state index contributed by atoms with van der Waals surface area (Å²) in [4.78, 5) is 0. The fourth-order valence-electron chi connectivity index (χ4n) is 1.75. The van der Waals surface area contributed by atoms with Crippen LogP contribution in [0, 0.1) is 24.1 Å². The van der Waals surface area contributed by atoms with Crippen molar-refractivity contribution in [2.75, 3.05) is 0 Å². The summed E-state index contributed by atoms with van der Waals surface area (Å²) in [5.74, 6) is -1.01. The van der Waals surface area contributed by atoms with Crippen molar-refractivity contribution in [3.63, 3.8) is 0 Å². The SMILES string of the molecule is Cc1cccc(Oc2ccc(C#N)c(C(F)(F)F)c2)c1F. The highest BCUT2D eigenvalue weighted by Gasteiger charge is 2.34. The Balaban J connectivity index is 2.43. The first-order valence-electron chi connectivity index (χ1n) is 5.87. The van der Waals surface area contributed by atoms with Gasteiger partial charge in [-0.2, -0.15) is 18.4 Å². The summed E-state index contributed by atoms with van der Waals surface area (Å²) in [6, 6.07) is 8.69. The molecule has 0 heterocycles. The number of hydrogen-bond donors (Lipinski definition) is 0. The van der Waals surface area contributed by atoms with Crippen molar-refractivity contribution < 1.29 is 22.3 Å². The predicted molar refractivity (Wildman–Crippen MR) is 67.4 cm³/mol. The molecule has 0 amide bonds. The van der Waals surface area contributed by atoms with Crippen molar-refractivity contribution in [3.05, 3.63) is 58.9 Å². The molecular formula is C15H9F4NO. The number of halogens is 4. The van der Waals surface area contributed by atoms with Crippen LogP contribution >= 0.6 is 0 Å². The summed E-state index contributed by atoms with van der Waals surface area (Å²) < 4.78 is 57.4. The van der Waals surface area contributed by atoms with Gasteiger partial charge in [-0.3, -0.25) is 0 Å². The van der Waals surface area contributed by atoms with E-state index in [-0.39, 0.29) is 11.5 Å². The molecule has 0 unspecified atom stereocenters. The number of nitriles is 1. The van der Waals surface area contributed by atoms with Gasteiger partial charge in [0.15, 0.2) is 11.6 Å². The Hall–Kier alpha value is -2.55. The van der Waals surface area contributed by atoms with Gasteiger partial charge in [0.1, 0.15) is 5.75 Å². The number of aryl methyl sites for hydroxylation is 1. The van der Waals surface area contributed by atoms with Crippen LogP contribution in [0.25, 0.3) is 0 Å². The molecule has 108 valence electrons. The van der Waals surface area contributed by atoms with E-state index in [1.807, 2.05) is 0 Å². The summed E-state index contributed by atoms with van der Waals surface area (Å²) in [6.07, 6.45) is -4.68. The fraction of sp³-hybridized carbons (Fsp3) is 0.133. The molecule has 0 aromatic heterocycles. The number of hydrogen-bond acceptors (Lipinski definition) is 2. The largest absolute Gasteiger partial charge is 0.454 e. The van der Waals surface area contributed by atoms with Gasteiger partial charge < -0.3 is 4.74 Å². The van der Waals surface area contributed by atoms with Crippen molar-refractivity contribution in [3.8, 4) is 17.6 Å². The van der Waals surface area contributed by atoms with Crippen LogP contribution in [-0.4, -0.2) is 0 Å². The minimum atomic E-state index is -4.68. The molecule has 0 saturated carbocycles. The van der Waals surface area contributed by atoms with E-state index >= 15 is 0 Å². The van der Waals surface area contributed by atoms with E-state index in [0.29, 0.717) is 11.6 Å². The summed E-state index contributed by atoms with van der Waals surface area (Å²) in [7, 11) is 0. The van der Waals surface area contributed by atoms with E-state index < -0.39 is 23.1 Å². The third-order valence-corrected chi connectivity index (χ3v) is 2.80. The van der Waals surface area contributed by atoms with Crippen LogP contribution in [0.15, 0.2) is 36.4 Å². The van der Waals surface area contributed by atoms with E-state index in [0.717, 1.165) is 6.07 Å². The summed E-state index contributed by atoms with van der Waals surface area (Å²) in [5, 5.41) is 8.69. The normalized spacial score (nSPS) is 11.0. The van der Waals surface area contributed by atoms with Gasteiger partial charge >= 0.3 is 6.18 Å². The van der Waals surface area contributed by atoms with Crippen molar-refractivity contribution in [1.29, 1.82) is 5.26 Å². The number of rotatable bonds is 2. The average molecular weight is 295 g/mol. The molecule has 0 fully saturated rings. The van der Waals surface area contributed by atoms with Crippen molar-refractivity contribution >= 4 is 0 Å². The third kappa shape index (κ3) is 3.14. The van der Waals surface area contributed by atoms with Crippen LogP contribution in [-0.2, 0) is 6.18 Å². The lowest BCUT2D eigenvalue weighted by molar-refractivity contribution is -0.137. The molecule has 0 aliphatic carbocycles. The number of benzene rings is 2. The Bertz CT molecular complexity index is 717. The zero-order valence-electron chi connectivity index (χ0n) is 10.8. The molecule has 2 rings (SSSR count). The first-order chi connectivity index (χ1) is 9.82. The summed E-state index contributed by atoms with van der Waals surface area (Å²) in [6.45, 7) is 1.52. The van der Waals surface area contributed by atoms with E-state index in [1.54, 1.807) is 0 Å². The van der Waals surface area contributed by atoms with E-state index in [9.17, 15) is 17.6 Å². The molecular weight excluding hydrogens is 286 g/mol. The molecule has 0 radical (unpaired) electrons. The molecule has 0 atom stereocenters. The molecule has 0 bridgehead atoms. The van der Waals surface area contributed by atoms with Gasteiger partial charge in [0.05, 0.1) is 17.2 Å². The predicted octanol–water partition coefficient (Wildman–Crippen LogP) is 4.82. The van der Waals surface area contributed by atoms with Crippen LogP contribution < -0.4 is 4.74 Å². The van der Waals surface area contributed by atoms with Crippen LogP contribution in [0.3, 0.4) is 0 Å². The lowest BCUT2D eigenvalue weighted by atomic mass is 10.1. The minimum absolute atomic E-state index is 0.173. The molecule has 0 aliphatic heterocycles. The molecule has 6 heteroatoms. The first kappa shape index (κ1) is 14.9. The molecule has 0 spiro atoms. The van der Waals surface area contributed by atoms with Gasteiger partial charge in [-0.25, -0.2) is 4.39 Å². The molecule has 2 nitrogen and oxygen atoms in total. The lowest BCUT2D eigenvalue weighted by Gasteiger charge is -2.12. The van der Waals surface area contributed by atoms with Gasteiger partial charge in [0.2, 0.25) is 0 Å². The topological polar surface area (TPSA) is 33.0 Å². The second-order valence-electron chi connectivity index (χ2n) is 4.31. The van der Waals surface area contributed by atoms with Crippen LogP contribution in [0.2, 0.25) is 0 Å². The second-order valence-corrected chi connectivity index (χ2v) is 4.31. The minimum Gasteiger partial charge on any atom is -0.454 e. The van der Waals surface area contributed by atoms with Crippen LogP contribution in [0.1, 0.15) is 16.7 Å². The van der Waals surface area contributed by atoms with Gasteiger partial charge in [0.25, 0.3) is 0 Å². The Morgan fingerprint density at radius 2 is 1.86 bits per heavy atom. The number of ether oxygens (including phenoxy) is 1. The Morgan fingerprint density at radius 1 is 1.14 bits per heavy atom. The molecule has 0 aliphatic rings. The van der Waals surface area contributed by atoms with Crippen molar-refractivity contribution in [1.82, 2.24) is 0 Å². The zero-order valence-corrected chi connectivity index (χ0v) is 10.8. The number of nitrogens with zero attached hydrogens (tertiary/aromatic N) is 1. The van der Waals surface area contributed by atoms with Gasteiger partial charge in [0, 0.05) is 0 Å². The summed E-state index contributed by atoms with van der Waals surface area (Å²) in [5.41, 5.74) is -1.31. The number of alkyl halides is 3. The third-order valence-electron chi connectivity index (χ3n) is 2.80. The Kier molecular flexibility index (Phi) is 3.85. The van der Waals surface area contributed by atoms with E-state index in [4.69, 9.17) is 10.00 Å². The quantitative estimate of drug-likeness (QED) is 0.744. The maximum absolute atomic E-state index is 13.8. The van der Waals surface area contributed by atoms with Crippen LogP contribution in [0.5, 0.6) is 11.5 Å². The lowest BCUT2D eigenvalue weighted by Crippen LogP contribution is -2.08. The van der Waals surface area contributed by atoms with Gasteiger partial charge in [-0.1, -0.05) is 12.1 Å². The maximum Gasteiger partial charge on any atom is 0.417 e. The van der Waals surface area contributed by atoms with E-state index in [1.165, 1.54) is 37.3 Å². The highest BCUT2D eigenvalue weighted by Crippen LogP contribution is 2.35. The first-order valence-corrected chi connectivity index (χ1v) is 5.87. The van der Waals surface area contributed by atoms with Gasteiger partial charge in [-0.05, 0) is 36.8 Å². The highest BCUT2D eigenvalue weighted by molar-refractivity contribution is 5.46.